The molecule has 1 aromatic carbocycles. The third-order valence-corrected chi connectivity index (χ3v) is 5.71. The molecule has 1 fully saturated rings. The van der Waals surface area contributed by atoms with Crippen LogP contribution in [0.3, 0.4) is 0 Å². The van der Waals surface area contributed by atoms with E-state index in [-0.39, 0.29) is 30.0 Å². The van der Waals surface area contributed by atoms with Gasteiger partial charge in [-0.1, -0.05) is 6.07 Å². The van der Waals surface area contributed by atoms with Gasteiger partial charge in [0.2, 0.25) is 11.8 Å². The fourth-order valence-electron chi connectivity index (χ4n) is 4.26. The topological polar surface area (TPSA) is 97.6 Å². The molecule has 184 valence electrons. The fourth-order valence-corrected chi connectivity index (χ4v) is 4.26. The molecule has 2 aliphatic rings. The highest BCUT2D eigenvalue weighted by molar-refractivity contribution is 5.99. The Morgan fingerprint density at radius 1 is 1.29 bits per heavy atom. The number of aromatic nitrogens is 2. The molecule has 0 saturated heterocycles. The van der Waals surface area contributed by atoms with Crippen molar-refractivity contribution in [2.75, 3.05) is 0 Å². The highest BCUT2D eigenvalue weighted by Crippen LogP contribution is 2.39. The maximum Gasteiger partial charge on any atom is 0.407 e. The summed E-state index contributed by atoms with van der Waals surface area (Å²) in [5.41, 5.74) is 0.386. The summed E-state index contributed by atoms with van der Waals surface area (Å²) >= 11 is 0. The second kappa shape index (κ2) is 8.55. The quantitative estimate of drug-likeness (QED) is 0.632. The van der Waals surface area contributed by atoms with Gasteiger partial charge < -0.3 is 19.4 Å². The first-order valence-electron chi connectivity index (χ1n) is 10.8. The number of amides is 2. The van der Waals surface area contributed by atoms with Crippen molar-refractivity contribution in [1.82, 2.24) is 20.4 Å². The molecule has 1 saturated carbocycles. The van der Waals surface area contributed by atoms with Gasteiger partial charge >= 0.3 is 12.5 Å². The van der Waals surface area contributed by atoms with Crippen molar-refractivity contribution >= 4 is 12.0 Å². The summed E-state index contributed by atoms with van der Waals surface area (Å²) in [7, 11) is 0. The Morgan fingerprint density at radius 3 is 2.68 bits per heavy atom. The number of hydrogen-bond donors (Lipinski definition) is 1. The Balaban J connectivity index is 1.55. The summed E-state index contributed by atoms with van der Waals surface area (Å²) in [6.45, 7) is 5.13. The lowest BCUT2D eigenvalue weighted by atomic mass is 9.86. The summed E-state index contributed by atoms with van der Waals surface area (Å²) in [6, 6.07) is 2.95. The standard InChI is InChI=1S/C22H24F4N4O4/c1-21(2,3)34-20(32)27-14-9-22(25,26)7-6-15(14)30-10-12-5-4-11(8-13(12)19(30)31)17-28-29-18(33-17)16(23)24/h4-5,8,14-16H,6-7,9-10H2,1-3H3,(H,27,32)/t14-,15-/m1/s1. The van der Waals surface area contributed by atoms with E-state index in [1.165, 1.54) is 11.0 Å². The van der Waals surface area contributed by atoms with Gasteiger partial charge in [0.05, 0.1) is 12.1 Å². The lowest BCUT2D eigenvalue weighted by molar-refractivity contribution is -0.0647. The van der Waals surface area contributed by atoms with Gasteiger partial charge in [0.15, 0.2) is 0 Å². The summed E-state index contributed by atoms with van der Waals surface area (Å²) in [5.74, 6) is -4.40. The van der Waals surface area contributed by atoms with Crippen molar-refractivity contribution in [2.45, 2.75) is 76.6 Å². The van der Waals surface area contributed by atoms with E-state index in [1.54, 1.807) is 32.9 Å². The Bertz CT molecular complexity index is 1100. The molecule has 4 rings (SSSR count). The van der Waals surface area contributed by atoms with Crippen LogP contribution >= 0.6 is 0 Å². The average Bonchev–Trinajstić information content (AvgIpc) is 3.32. The lowest BCUT2D eigenvalue weighted by Crippen LogP contribution is -2.57. The molecule has 1 aliphatic heterocycles. The number of alkyl carbamates (subject to hydrolysis) is 1. The number of benzene rings is 1. The molecule has 2 heterocycles. The van der Waals surface area contributed by atoms with E-state index in [0.29, 0.717) is 5.56 Å². The number of nitrogens with one attached hydrogen (secondary N) is 1. The molecule has 0 spiro atoms. The molecule has 2 atom stereocenters. The third kappa shape index (κ3) is 5.00. The zero-order valence-corrected chi connectivity index (χ0v) is 18.8. The van der Waals surface area contributed by atoms with Crippen LogP contribution in [0.15, 0.2) is 22.6 Å². The van der Waals surface area contributed by atoms with Crippen LogP contribution in [0.2, 0.25) is 0 Å². The number of ether oxygens (including phenoxy) is 1. The van der Waals surface area contributed by atoms with Crippen molar-refractivity contribution in [3.05, 3.63) is 35.2 Å². The van der Waals surface area contributed by atoms with E-state index in [4.69, 9.17) is 9.15 Å². The summed E-state index contributed by atoms with van der Waals surface area (Å²) < 4.78 is 64.1. The zero-order valence-electron chi connectivity index (χ0n) is 18.8. The smallest absolute Gasteiger partial charge is 0.407 e. The lowest BCUT2D eigenvalue weighted by Gasteiger charge is -2.41. The summed E-state index contributed by atoms with van der Waals surface area (Å²) in [5, 5.41) is 9.39. The van der Waals surface area contributed by atoms with E-state index < -0.39 is 60.8 Å². The van der Waals surface area contributed by atoms with Gasteiger partial charge in [-0.3, -0.25) is 4.79 Å². The van der Waals surface area contributed by atoms with Crippen LogP contribution in [0.1, 0.15) is 68.3 Å². The predicted octanol–water partition coefficient (Wildman–Crippen LogP) is 4.71. The molecular formula is C22H24F4N4O4. The third-order valence-electron chi connectivity index (χ3n) is 5.71. The minimum absolute atomic E-state index is 0.0124. The Hall–Kier alpha value is -3.18. The van der Waals surface area contributed by atoms with E-state index in [9.17, 15) is 27.2 Å². The van der Waals surface area contributed by atoms with Crippen LogP contribution in [0, 0.1) is 0 Å². The van der Waals surface area contributed by atoms with Crippen molar-refractivity contribution in [3.8, 4) is 11.5 Å². The zero-order chi connectivity index (χ0) is 24.8. The molecule has 2 aromatic rings. The van der Waals surface area contributed by atoms with Gasteiger partial charge in [0, 0.05) is 30.5 Å². The van der Waals surface area contributed by atoms with Crippen molar-refractivity contribution in [2.24, 2.45) is 0 Å². The maximum atomic E-state index is 14.2. The number of hydrogen-bond acceptors (Lipinski definition) is 6. The average molecular weight is 484 g/mol. The summed E-state index contributed by atoms with van der Waals surface area (Å²) in [6.07, 6.45) is -4.82. The number of fused-ring (bicyclic) bond motifs is 1. The largest absolute Gasteiger partial charge is 0.444 e. The molecule has 2 amide bonds. The maximum absolute atomic E-state index is 14.2. The molecule has 1 aliphatic carbocycles. The number of alkyl halides is 4. The predicted molar refractivity (Wildman–Crippen MR) is 110 cm³/mol. The van der Waals surface area contributed by atoms with E-state index in [1.807, 2.05) is 0 Å². The van der Waals surface area contributed by atoms with Crippen molar-refractivity contribution in [1.29, 1.82) is 0 Å². The first-order valence-corrected chi connectivity index (χ1v) is 10.8. The van der Waals surface area contributed by atoms with Crippen LogP contribution in [-0.4, -0.2) is 50.7 Å². The number of rotatable bonds is 4. The monoisotopic (exact) mass is 484 g/mol. The normalized spacial score (nSPS) is 22.1. The van der Waals surface area contributed by atoms with E-state index in [0.717, 1.165) is 0 Å². The van der Waals surface area contributed by atoms with Gasteiger partial charge in [-0.2, -0.15) is 8.78 Å². The molecular weight excluding hydrogens is 460 g/mol. The van der Waals surface area contributed by atoms with Gasteiger partial charge in [-0.15, -0.1) is 10.2 Å². The van der Waals surface area contributed by atoms with E-state index in [2.05, 4.69) is 15.5 Å². The van der Waals surface area contributed by atoms with Crippen LogP contribution in [0.4, 0.5) is 22.4 Å². The number of halogens is 4. The van der Waals surface area contributed by atoms with Gasteiger partial charge in [-0.05, 0) is 44.9 Å². The molecule has 0 bridgehead atoms. The molecule has 0 unspecified atom stereocenters. The van der Waals surface area contributed by atoms with Gasteiger partial charge in [-0.25, -0.2) is 13.6 Å². The molecule has 0 radical (unpaired) electrons. The Kier molecular flexibility index (Phi) is 6.03. The van der Waals surface area contributed by atoms with Crippen LogP contribution in [0.25, 0.3) is 11.5 Å². The highest BCUT2D eigenvalue weighted by Gasteiger charge is 2.47. The number of nitrogens with zero attached hydrogens (tertiary/aromatic N) is 3. The summed E-state index contributed by atoms with van der Waals surface area (Å²) in [4.78, 5) is 27.0. The van der Waals surface area contributed by atoms with Gasteiger partial charge in [0.25, 0.3) is 11.8 Å². The minimum Gasteiger partial charge on any atom is -0.444 e. The Labute approximate surface area is 192 Å². The van der Waals surface area contributed by atoms with Crippen LogP contribution in [-0.2, 0) is 11.3 Å². The molecule has 12 heteroatoms. The second-order valence-electron chi connectivity index (χ2n) is 9.47. The molecule has 1 aromatic heterocycles. The van der Waals surface area contributed by atoms with Crippen LogP contribution in [0.5, 0.6) is 0 Å². The first kappa shape index (κ1) is 24.0. The molecule has 34 heavy (non-hydrogen) atoms. The Morgan fingerprint density at radius 2 is 2.03 bits per heavy atom. The molecule has 8 nitrogen and oxygen atoms in total. The first-order chi connectivity index (χ1) is 15.8. The second-order valence-corrected chi connectivity index (χ2v) is 9.47. The van der Waals surface area contributed by atoms with Crippen LogP contribution < -0.4 is 5.32 Å². The SMILES string of the molecule is CC(C)(C)OC(=O)N[C@@H]1CC(F)(F)CC[C@H]1N1Cc2ccc(-c3nnc(C(F)F)o3)cc2C1=O. The fraction of sp³-hybridized carbons (Fsp3) is 0.545. The molecule has 1 N–H and O–H groups in total. The van der Waals surface area contributed by atoms with Crippen molar-refractivity contribution < 1.29 is 36.3 Å². The minimum atomic E-state index is -2.99. The number of carbonyl (C=O) groups excluding carboxylic acids is 2. The van der Waals surface area contributed by atoms with Crippen molar-refractivity contribution in [3.63, 3.8) is 0 Å². The highest BCUT2D eigenvalue weighted by atomic mass is 19.3. The van der Waals surface area contributed by atoms with Gasteiger partial charge in [0.1, 0.15) is 5.60 Å². The van der Waals surface area contributed by atoms with E-state index >= 15 is 0 Å². The number of carbonyl (C=O) groups is 2.